The van der Waals surface area contributed by atoms with Gasteiger partial charge < -0.3 is 15.0 Å². The summed E-state index contributed by atoms with van der Waals surface area (Å²) in [5.41, 5.74) is 2.13. The van der Waals surface area contributed by atoms with E-state index in [1.807, 2.05) is 25.3 Å². The van der Waals surface area contributed by atoms with Crippen LogP contribution in [0.1, 0.15) is 24.1 Å². The zero-order valence-corrected chi connectivity index (χ0v) is 16.0. The molecule has 2 aliphatic heterocycles. The van der Waals surface area contributed by atoms with Crippen molar-refractivity contribution in [2.24, 2.45) is 0 Å². The average Bonchev–Trinajstić information content (AvgIpc) is 2.73. The van der Waals surface area contributed by atoms with E-state index in [1.54, 1.807) is 6.20 Å². The van der Waals surface area contributed by atoms with Crippen LogP contribution < -0.4 is 10.2 Å². The fourth-order valence-electron chi connectivity index (χ4n) is 3.85. The lowest BCUT2D eigenvalue weighted by atomic mass is 10.0. The summed E-state index contributed by atoms with van der Waals surface area (Å²) in [6.45, 7) is 8.62. The van der Waals surface area contributed by atoms with Crippen molar-refractivity contribution in [3.05, 3.63) is 41.9 Å². The standard InChI is InChI=1S/C20H28N6O/c1-16-13-19(22-15-17-3-2-6-21-14-17)24-20(23-16)26-7-4-18(5-8-26)25-9-11-27-12-10-25/h2-3,6,13-14,18H,4-5,7-12,15H2,1H3,(H,22,23,24). The average molecular weight is 368 g/mol. The van der Waals surface area contributed by atoms with Crippen LogP contribution in [0.3, 0.4) is 0 Å². The Labute approximate surface area is 160 Å². The van der Waals surface area contributed by atoms with Gasteiger partial charge in [-0.15, -0.1) is 0 Å². The molecule has 144 valence electrons. The fraction of sp³-hybridized carbons (Fsp3) is 0.550. The van der Waals surface area contributed by atoms with Crippen LogP contribution in [-0.4, -0.2) is 65.3 Å². The van der Waals surface area contributed by atoms with Gasteiger partial charge in [-0.3, -0.25) is 9.88 Å². The molecule has 0 atom stereocenters. The van der Waals surface area contributed by atoms with E-state index >= 15 is 0 Å². The normalized spacial score (nSPS) is 19.2. The van der Waals surface area contributed by atoms with Gasteiger partial charge in [0.25, 0.3) is 0 Å². The summed E-state index contributed by atoms with van der Waals surface area (Å²) in [5, 5.41) is 3.40. The van der Waals surface area contributed by atoms with Crippen LogP contribution in [0.25, 0.3) is 0 Å². The van der Waals surface area contributed by atoms with Gasteiger partial charge in [-0.25, -0.2) is 4.98 Å². The van der Waals surface area contributed by atoms with Crippen molar-refractivity contribution >= 4 is 11.8 Å². The topological polar surface area (TPSA) is 66.4 Å². The zero-order valence-electron chi connectivity index (χ0n) is 16.0. The van der Waals surface area contributed by atoms with Crippen molar-refractivity contribution in [3.63, 3.8) is 0 Å². The Hall–Kier alpha value is -2.25. The Morgan fingerprint density at radius 1 is 1.15 bits per heavy atom. The number of morpholine rings is 1. The highest BCUT2D eigenvalue weighted by molar-refractivity contribution is 5.44. The third-order valence-electron chi connectivity index (χ3n) is 5.35. The van der Waals surface area contributed by atoms with Crippen LogP contribution in [0, 0.1) is 6.92 Å². The molecule has 0 aromatic carbocycles. The minimum atomic E-state index is 0.665. The van der Waals surface area contributed by atoms with Gasteiger partial charge in [0.05, 0.1) is 13.2 Å². The molecule has 0 bridgehead atoms. The molecule has 0 aliphatic carbocycles. The highest BCUT2D eigenvalue weighted by Crippen LogP contribution is 2.22. The van der Waals surface area contributed by atoms with Crippen LogP contribution in [-0.2, 0) is 11.3 Å². The van der Waals surface area contributed by atoms with Gasteiger partial charge in [0, 0.05) is 62.9 Å². The predicted molar refractivity (Wildman–Crippen MR) is 106 cm³/mol. The molecule has 2 saturated heterocycles. The Kier molecular flexibility index (Phi) is 5.79. The van der Waals surface area contributed by atoms with E-state index in [0.717, 1.165) is 75.3 Å². The monoisotopic (exact) mass is 368 g/mol. The van der Waals surface area contributed by atoms with Crippen LogP contribution in [0.15, 0.2) is 30.6 Å². The van der Waals surface area contributed by atoms with Gasteiger partial charge in [0.2, 0.25) is 5.95 Å². The van der Waals surface area contributed by atoms with Gasteiger partial charge >= 0.3 is 0 Å². The van der Waals surface area contributed by atoms with E-state index in [0.29, 0.717) is 12.6 Å². The highest BCUT2D eigenvalue weighted by atomic mass is 16.5. The van der Waals surface area contributed by atoms with Crippen molar-refractivity contribution in [3.8, 4) is 0 Å². The van der Waals surface area contributed by atoms with E-state index < -0.39 is 0 Å². The number of rotatable bonds is 5. The minimum Gasteiger partial charge on any atom is -0.379 e. The first-order chi connectivity index (χ1) is 13.3. The van der Waals surface area contributed by atoms with Gasteiger partial charge in [0.15, 0.2) is 0 Å². The number of aromatic nitrogens is 3. The number of aryl methyl sites for hydroxylation is 1. The molecule has 7 heteroatoms. The molecule has 7 nitrogen and oxygen atoms in total. The van der Waals surface area contributed by atoms with Gasteiger partial charge in [-0.2, -0.15) is 4.98 Å². The first kappa shape index (κ1) is 18.1. The second-order valence-electron chi connectivity index (χ2n) is 7.28. The van der Waals surface area contributed by atoms with Crippen LogP contribution in [0.2, 0.25) is 0 Å². The highest BCUT2D eigenvalue weighted by Gasteiger charge is 2.27. The number of nitrogens with zero attached hydrogens (tertiary/aromatic N) is 5. The van der Waals surface area contributed by atoms with Gasteiger partial charge in [0.1, 0.15) is 5.82 Å². The Bertz CT molecular complexity index is 727. The smallest absolute Gasteiger partial charge is 0.227 e. The zero-order chi connectivity index (χ0) is 18.5. The molecule has 2 fully saturated rings. The number of piperidine rings is 1. The van der Waals surface area contributed by atoms with Crippen molar-refractivity contribution < 1.29 is 4.74 Å². The summed E-state index contributed by atoms with van der Waals surface area (Å²) < 4.78 is 5.48. The van der Waals surface area contributed by atoms with Crippen LogP contribution in [0.4, 0.5) is 11.8 Å². The molecule has 27 heavy (non-hydrogen) atoms. The number of nitrogens with one attached hydrogen (secondary N) is 1. The number of anilines is 2. The molecule has 1 N–H and O–H groups in total. The summed E-state index contributed by atoms with van der Waals surface area (Å²) in [4.78, 5) is 18.5. The predicted octanol–water partition coefficient (Wildman–Crippen LogP) is 2.09. The van der Waals surface area contributed by atoms with Gasteiger partial charge in [-0.05, 0) is 31.4 Å². The largest absolute Gasteiger partial charge is 0.379 e. The molecule has 2 aromatic rings. The molecule has 0 unspecified atom stereocenters. The van der Waals surface area contributed by atoms with E-state index in [4.69, 9.17) is 9.72 Å². The maximum absolute atomic E-state index is 5.48. The molecule has 0 radical (unpaired) electrons. The number of hydrogen-bond acceptors (Lipinski definition) is 7. The Balaban J connectivity index is 1.36. The number of hydrogen-bond donors (Lipinski definition) is 1. The lowest BCUT2D eigenvalue weighted by molar-refractivity contribution is 0.0114. The third kappa shape index (κ3) is 4.73. The number of pyridine rings is 1. The lowest BCUT2D eigenvalue weighted by Gasteiger charge is -2.40. The minimum absolute atomic E-state index is 0.665. The molecule has 2 aromatic heterocycles. The summed E-state index contributed by atoms with van der Waals surface area (Å²) in [6, 6.07) is 6.68. The molecule has 4 rings (SSSR count). The molecule has 0 amide bonds. The fourth-order valence-corrected chi connectivity index (χ4v) is 3.85. The second-order valence-corrected chi connectivity index (χ2v) is 7.28. The first-order valence-electron chi connectivity index (χ1n) is 9.83. The maximum atomic E-state index is 5.48. The summed E-state index contributed by atoms with van der Waals surface area (Å²) in [5.74, 6) is 1.71. The summed E-state index contributed by atoms with van der Waals surface area (Å²) >= 11 is 0. The van der Waals surface area contributed by atoms with Crippen molar-refractivity contribution in [1.82, 2.24) is 19.9 Å². The Morgan fingerprint density at radius 2 is 1.96 bits per heavy atom. The number of ether oxygens (including phenoxy) is 1. The maximum Gasteiger partial charge on any atom is 0.227 e. The SMILES string of the molecule is Cc1cc(NCc2cccnc2)nc(N2CCC(N3CCOCC3)CC2)n1. The quantitative estimate of drug-likeness (QED) is 0.867. The Morgan fingerprint density at radius 3 is 2.70 bits per heavy atom. The van der Waals surface area contributed by atoms with E-state index in [-0.39, 0.29) is 0 Å². The third-order valence-corrected chi connectivity index (χ3v) is 5.35. The molecule has 0 saturated carbocycles. The molecular formula is C20H28N6O. The molecular weight excluding hydrogens is 340 g/mol. The molecule has 4 heterocycles. The second kappa shape index (κ2) is 8.63. The van der Waals surface area contributed by atoms with Crippen molar-refractivity contribution in [2.75, 3.05) is 49.6 Å². The van der Waals surface area contributed by atoms with E-state index in [9.17, 15) is 0 Å². The van der Waals surface area contributed by atoms with Crippen molar-refractivity contribution in [2.45, 2.75) is 32.4 Å². The van der Waals surface area contributed by atoms with E-state index in [2.05, 4.69) is 31.2 Å². The van der Waals surface area contributed by atoms with Crippen LogP contribution in [0.5, 0.6) is 0 Å². The van der Waals surface area contributed by atoms with Crippen LogP contribution >= 0.6 is 0 Å². The van der Waals surface area contributed by atoms with Gasteiger partial charge in [-0.1, -0.05) is 6.07 Å². The van der Waals surface area contributed by atoms with E-state index in [1.165, 1.54) is 0 Å². The summed E-state index contributed by atoms with van der Waals surface area (Å²) in [6.07, 6.45) is 5.99. The van der Waals surface area contributed by atoms with Crippen molar-refractivity contribution in [1.29, 1.82) is 0 Å². The first-order valence-corrected chi connectivity index (χ1v) is 9.83. The summed E-state index contributed by atoms with van der Waals surface area (Å²) in [7, 11) is 0. The molecule has 0 spiro atoms. The lowest BCUT2D eigenvalue weighted by Crippen LogP contribution is -2.49. The molecule has 2 aliphatic rings.